The summed E-state index contributed by atoms with van der Waals surface area (Å²) < 4.78 is 0. The Morgan fingerprint density at radius 1 is 1.13 bits per heavy atom. The van der Waals surface area contributed by atoms with Crippen LogP contribution in [-0.4, -0.2) is 31.1 Å². The van der Waals surface area contributed by atoms with Crippen molar-refractivity contribution < 1.29 is 4.79 Å². The van der Waals surface area contributed by atoms with E-state index in [2.05, 4.69) is 43.0 Å². The smallest absolute Gasteiger partial charge is 0.144 e. The Balaban J connectivity index is 2.13. The van der Waals surface area contributed by atoms with Gasteiger partial charge >= 0.3 is 0 Å². The van der Waals surface area contributed by atoms with Gasteiger partial charge in [0.1, 0.15) is 12.3 Å². The van der Waals surface area contributed by atoms with Gasteiger partial charge < -0.3 is 9.69 Å². The third kappa shape index (κ3) is 3.19. The molecule has 1 aliphatic rings. The van der Waals surface area contributed by atoms with E-state index in [9.17, 15) is 4.79 Å². The summed E-state index contributed by atoms with van der Waals surface area (Å²) in [7, 11) is 0. The summed E-state index contributed by atoms with van der Waals surface area (Å²) in [4.78, 5) is 18.6. The fourth-order valence-electron chi connectivity index (χ4n) is 3.06. The molecule has 2 aromatic rings. The Morgan fingerprint density at radius 2 is 1.83 bits per heavy atom. The maximum atomic E-state index is 11.6. The van der Waals surface area contributed by atoms with Gasteiger partial charge in [-0.05, 0) is 12.0 Å². The number of benzodiazepines with no additional fused rings is 1. The van der Waals surface area contributed by atoms with E-state index < -0.39 is 0 Å². The van der Waals surface area contributed by atoms with Crippen molar-refractivity contribution >= 4 is 17.7 Å². The Hall–Kier alpha value is -2.42. The quantitative estimate of drug-likeness (QED) is 0.809. The summed E-state index contributed by atoms with van der Waals surface area (Å²) in [6, 6.07) is 18.2. The number of hydrogen-bond acceptors (Lipinski definition) is 3. The van der Waals surface area contributed by atoms with Gasteiger partial charge in [-0.3, -0.25) is 4.99 Å². The van der Waals surface area contributed by atoms with Crippen LogP contribution in [0, 0.1) is 5.92 Å². The van der Waals surface area contributed by atoms with E-state index in [1.165, 1.54) is 0 Å². The first-order valence-corrected chi connectivity index (χ1v) is 8.12. The van der Waals surface area contributed by atoms with Crippen LogP contribution in [0.4, 0.5) is 5.69 Å². The number of rotatable bonds is 4. The van der Waals surface area contributed by atoms with Gasteiger partial charge in [0.25, 0.3) is 0 Å². The lowest BCUT2D eigenvalue weighted by molar-refractivity contribution is -0.108. The Bertz CT molecular complexity index is 707. The molecular formula is C20H22N2O. The molecule has 0 N–H and O–H groups in total. The summed E-state index contributed by atoms with van der Waals surface area (Å²) in [5.74, 6) is 0.476. The van der Waals surface area contributed by atoms with E-state index in [0.29, 0.717) is 12.5 Å². The highest BCUT2D eigenvalue weighted by Crippen LogP contribution is 2.28. The van der Waals surface area contributed by atoms with E-state index in [4.69, 9.17) is 4.99 Å². The number of carbonyl (C=O) groups excluding carboxylic acids is 1. The molecule has 1 heterocycles. The number of nitrogens with zero attached hydrogens (tertiary/aromatic N) is 2. The lowest BCUT2D eigenvalue weighted by Crippen LogP contribution is -2.40. The summed E-state index contributed by atoms with van der Waals surface area (Å²) in [5, 5.41) is 0. The Kier molecular flexibility index (Phi) is 4.56. The summed E-state index contributed by atoms with van der Waals surface area (Å²) in [5.41, 5.74) is 4.26. The van der Waals surface area contributed by atoms with Crippen LogP contribution in [-0.2, 0) is 4.79 Å². The minimum atomic E-state index is -0.209. The summed E-state index contributed by atoms with van der Waals surface area (Å²) in [6.07, 6.45) is 1.02. The van der Waals surface area contributed by atoms with E-state index in [-0.39, 0.29) is 6.04 Å². The number of carbonyl (C=O) groups is 1. The van der Waals surface area contributed by atoms with Crippen LogP contribution in [0.2, 0.25) is 0 Å². The van der Waals surface area contributed by atoms with Crippen LogP contribution < -0.4 is 4.90 Å². The molecule has 3 nitrogen and oxygen atoms in total. The van der Waals surface area contributed by atoms with E-state index in [1.54, 1.807) is 0 Å². The zero-order valence-electron chi connectivity index (χ0n) is 13.6. The molecule has 23 heavy (non-hydrogen) atoms. The molecule has 118 valence electrons. The fourth-order valence-corrected chi connectivity index (χ4v) is 3.06. The largest absolute Gasteiger partial charge is 0.359 e. The van der Waals surface area contributed by atoms with Crippen molar-refractivity contribution in [2.24, 2.45) is 10.9 Å². The zero-order valence-corrected chi connectivity index (χ0v) is 13.6. The standard InChI is InChI=1S/C20H22N2O/c1-15(2)13-22-17(14-23)12-21-20(16-8-4-3-5-9-16)18-10-6-7-11-19(18)22/h3-11,14-15,17H,12-13H2,1-2H3. The number of para-hydroxylation sites is 1. The Labute approximate surface area is 137 Å². The highest BCUT2D eigenvalue weighted by Gasteiger charge is 2.26. The number of hydrogen-bond donors (Lipinski definition) is 0. The lowest BCUT2D eigenvalue weighted by Gasteiger charge is -2.31. The van der Waals surface area contributed by atoms with Crippen LogP contribution in [0.3, 0.4) is 0 Å². The topological polar surface area (TPSA) is 32.7 Å². The molecule has 1 aliphatic heterocycles. The number of aliphatic imine (C=N–C) groups is 1. The fraction of sp³-hybridized carbons (Fsp3) is 0.300. The molecule has 3 rings (SSSR count). The van der Waals surface area contributed by atoms with Gasteiger partial charge in [0.05, 0.1) is 12.3 Å². The number of benzene rings is 2. The number of anilines is 1. The van der Waals surface area contributed by atoms with Crippen molar-refractivity contribution in [3.05, 3.63) is 65.7 Å². The first-order valence-electron chi connectivity index (χ1n) is 8.12. The summed E-state index contributed by atoms with van der Waals surface area (Å²) >= 11 is 0. The van der Waals surface area contributed by atoms with Crippen LogP contribution in [0.25, 0.3) is 0 Å². The maximum Gasteiger partial charge on any atom is 0.144 e. The molecule has 3 heteroatoms. The molecule has 0 bridgehead atoms. The molecule has 0 saturated heterocycles. The number of aldehydes is 1. The molecule has 2 aromatic carbocycles. The average molecular weight is 306 g/mol. The molecule has 0 spiro atoms. The molecule has 0 radical (unpaired) electrons. The van der Waals surface area contributed by atoms with Crippen LogP contribution >= 0.6 is 0 Å². The zero-order chi connectivity index (χ0) is 16.2. The second kappa shape index (κ2) is 6.78. The van der Waals surface area contributed by atoms with E-state index >= 15 is 0 Å². The van der Waals surface area contributed by atoms with Crippen molar-refractivity contribution in [1.29, 1.82) is 0 Å². The van der Waals surface area contributed by atoms with Crippen molar-refractivity contribution in [3.63, 3.8) is 0 Å². The minimum Gasteiger partial charge on any atom is -0.359 e. The van der Waals surface area contributed by atoms with Gasteiger partial charge in [-0.2, -0.15) is 0 Å². The predicted octanol–water partition coefficient (Wildman–Crippen LogP) is 3.57. The third-order valence-corrected chi connectivity index (χ3v) is 4.07. The third-order valence-electron chi connectivity index (χ3n) is 4.07. The highest BCUT2D eigenvalue weighted by atomic mass is 16.1. The minimum absolute atomic E-state index is 0.209. The number of fused-ring (bicyclic) bond motifs is 1. The van der Waals surface area contributed by atoms with Gasteiger partial charge in [0.2, 0.25) is 0 Å². The SMILES string of the molecule is CC(C)CN1c2ccccc2C(c2ccccc2)=NCC1C=O. The second-order valence-corrected chi connectivity index (χ2v) is 6.32. The Morgan fingerprint density at radius 3 is 2.52 bits per heavy atom. The van der Waals surface area contributed by atoms with Crippen molar-refractivity contribution in [2.75, 3.05) is 18.0 Å². The monoisotopic (exact) mass is 306 g/mol. The molecule has 0 aliphatic carbocycles. The summed E-state index contributed by atoms with van der Waals surface area (Å²) in [6.45, 7) is 5.69. The molecule has 1 unspecified atom stereocenters. The van der Waals surface area contributed by atoms with E-state index in [0.717, 1.165) is 35.4 Å². The van der Waals surface area contributed by atoms with Gasteiger partial charge in [-0.25, -0.2) is 0 Å². The van der Waals surface area contributed by atoms with Gasteiger partial charge in [0.15, 0.2) is 0 Å². The molecule has 0 saturated carbocycles. The molecule has 0 aromatic heterocycles. The first kappa shape index (κ1) is 15.5. The molecule has 0 fully saturated rings. The average Bonchev–Trinajstić information content (AvgIpc) is 2.72. The van der Waals surface area contributed by atoms with Gasteiger partial charge in [-0.1, -0.05) is 62.4 Å². The lowest BCUT2D eigenvalue weighted by atomic mass is 9.99. The van der Waals surface area contributed by atoms with Gasteiger partial charge in [-0.15, -0.1) is 0 Å². The van der Waals surface area contributed by atoms with Crippen molar-refractivity contribution in [3.8, 4) is 0 Å². The highest BCUT2D eigenvalue weighted by molar-refractivity contribution is 6.16. The van der Waals surface area contributed by atoms with Crippen molar-refractivity contribution in [1.82, 2.24) is 0 Å². The van der Waals surface area contributed by atoms with Crippen LogP contribution in [0.15, 0.2) is 59.6 Å². The van der Waals surface area contributed by atoms with E-state index in [1.807, 2.05) is 30.3 Å². The second-order valence-electron chi connectivity index (χ2n) is 6.32. The van der Waals surface area contributed by atoms with Gasteiger partial charge in [0, 0.05) is 23.4 Å². The molecule has 0 amide bonds. The predicted molar refractivity (Wildman–Crippen MR) is 95.4 cm³/mol. The molecular weight excluding hydrogens is 284 g/mol. The van der Waals surface area contributed by atoms with Crippen LogP contribution in [0.5, 0.6) is 0 Å². The van der Waals surface area contributed by atoms with Crippen molar-refractivity contribution in [2.45, 2.75) is 19.9 Å². The molecule has 1 atom stereocenters. The maximum absolute atomic E-state index is 11.6. The first-order chi connectivity index (χ1) is 11.2. The van der Waals surface area contributed by atoms with Crippen LogP contribution in [0.1, 0.15) is 25.0 Å². The normalized spacial score (nSPS) is 17.4.